The second-order valence-corrected chi connectivity index (χ2v) is 7.49. The predicted molar refractivity (Wildman–Crippen MR) is 113 cm³/mol. The molecule has 0 saturated heterocycles. The fourth-order valence-corrected chi connectivity index (χ4v) is 3.64. The van der Waals surface area contributed by atoms with Crippen LogP contribution in [0.2, 0.25) is 0 Å². The van der Waals surface area contributed by atoms with Gasteiger partial charge >= 0.3 is 0 Å². The summed E-state index contributed by atoms with van der Waals surface area (Å²) in [5, 5.41) is 9.23. The molecule has 1 fully saturated rings. The molecule has 1 aliphatic carbocycles. The number of rotatable bonds is 4. The molecule has 0 radical (unpaired) electrons. The summed E-state index contributed by atoms with van der Waals surface area (Å²) in [5.74, 6) is 1.63. The molecule has 3 aromatic rings. The number of nitrogens with zero attached hydrogens (tertiary/aromatic N) is 3. The quantitative estimate of drug-likeness (QED) is 0.400. The van der Waals surface area contributed by atoms with E-state index in [2.05, 4.69) is 19.9 Å². The number of H-pyrrole nitrogens is 1. The van der Waals surface area contributed by atoms with Gasteiger partial charge in [-0.05, 0) is 43.5 Å². The van der Waals surface area contributed by atoms with E-state index in [0.29, 0.717) is 28.5 Å². The van der Waals surface area contributed by atoms with Crippen LogP contribution in [-0.2, 0) is 0 Å². The Hall–Kier alpha value is -3.26. The van der Waals surface area contributed by atoms with Crippen molar-refractivity contribution in [3.63, 3.8) is 0 Å². The van der Waals surface area contributed by atoms with Crippen molar-refractivity contribution in [2.75, 3.05) is 12.8 Å². The minimum atomic E-state index is -0.0184. The summed E-state index contributed by atoms with van der Waals surface area (Å²) in [6.07, 6.45) is 3.56. The van der Waals surface area contributed by atoms with Gasteiger partial charge in [0.15, 0.2) is 5.95 Å². The molecule has 0 bridgehead atoms. The van der Waals surface area contributed by atoms with Crippen molar-refractivity contribution in [1.29, 1.82) is 5.41 Å². The number of para-hydroxylation sites is 1. The highest BCUT2D eigenvalue weighted by Gasteiger charge is 2.34. The lowest BCUT2D eigenvalue weighted by Gasteiger charge is -2.34. The number of aromatic amines is 1. The van der Waals surface area contributed by atoms with Gasteiger partial charge in [0.25, 0.3) is 0 Å². The van der Waals surface area contributed by atoms with Crippen LogP contribution < -0.4 is 21.7 Å². The molecular formula is C21H25N7O. The van der Waals surface area contributed by atoms with Crippen LogP contribution >= 0.6 is 0 Å². The number of amidine groups is 1. The number of pyridine rings is 1. The lowest BCUT2D eigenvalue weighted by Crippen LogP contribution is -2.30. The summed E-state index contributed by atoms with van der Waals surface area (Å²) in [5.41, 5.74) is 15.0. The average Bonchev–Trinajstić information content (AvgIpc) is 2.66. The fraction of sp³-hybridized carbons (Fsp3) is 0.333. The molecular weight excluding hydrogens is 366 g/mol. The van der Waals surface area contributed by atoms with Gasteiger partial charge in [0.2, 0.25) is 0 Å². The van der Waals surface area contributed by atoms with Gasteiger partial charge < -0.3 is 21.2 Å². The number of benzene rings is 1. The molecule has 4 rings (SSSR count). The molecule has 0 aliphatic heterocycles. The van der Waals surface area contributed by atoms with Crippen LogP contribution in [-0.4, -0.2) is 27.9 Å². The third-order valence-corrected chi connectivity index (χ3v) is 5.46. The van der Waals surface area contributed by atoms with Gasteiger partial charge in [0, 0.05) is 35.2 Å². The molecule has 1 unspecified atom stereocenters. The highest BCUT2D eigenvalue weighted by atomic mass is 16.5. The third-order valence-electron chi connectivity index (χ3n) is 5.46. The Morgan fingerprint density at radius 3 is 2.76 bits per heavy atom. The van der Waals surface area contributed by atoms with E-state index in [9.17, 15) is 0 Å². The number of methoxy groups -OCH3 is 1. The highest BCUT2D eigenvalue weighted by Crippen LogP contribution is 2.41. The van der Waals surface area contributed by atoms with Crippen LogP contribution in [0.15, 0.2) is 41.5 Å². The van der Waals surface area contributed by atoms with E-state index in [1.54, 1.807) is 7.11 Å². The maximum atomic E-state index is 8.45. The van der Waals surface area contributed by atoms with Crippen LogP contribution in [0.5, 0.6) is 5.75 Å². The number of hydrogen-bond acceptors (Lipinski definition) is 6. The Kier molecular flexibility index (Phi) is 5.02. The minimum Gasteiger partial charge on any atom is -0.494 e. The number of ether oxygens (including phenoxy) is 1. The molecule has 6 N–H and O–H groups in total. The lowest BCUT2D eigenvalue weighted by atomic mass is 9.72. The van der Waals surface area contributed by atoms with Crippen LogP contribution in [0.4, 0.5) is 5.95 Å². The number of hydrogen-bond donors (Lipinski definition) is 4. The van der Waals surface area contributed by atoms with Crippen LogP contribution in [0, 0.1) is 11.3 Å². The zero-order valence-electron chi connectivity index (χ0n) is 16.5. The first kappa shape index (κ1) is 19.1. The third kappa shape index (κ3) is 3.71. The molecule has 29 heavy (non-hydrogen) atoms. The van der Waals surface area contributed by atoms with Crippen molar-refractivity contribution >= 4 is 22.7 Å². The van der Waals surface area contributed by atoms with E-state index in [4.69, 9.17) is 21.6 Å². The maximum absolute atomic E-state index is 8.45. The van der Waals surface area contributed by atoms with E-state index in [-0.39, 0.29) is 17.9 Å². The summed E-state index contributed by atoms with van der Waals surface area (Å²) < 4.78 is 5.37. The number of nitrogens with one attached hydrogen (secondary N) is 2. The monoisotopic (exact) mass is 391 g/mol. The zero-order chi connectivity index (χ0) is 20.5. The van der Waals surface area contributed by atoms with E-state index in [1.165, 1.54) is 0 Å². The molecule has 0 amide bonds. The summed E-state index contributed by atoms with van der Waals surface area (Å²) in [4.78, 5) is 16.4. The molecule has 1 saturated carbocycles. The SMILES string of the molecule is COc1cccc2/c(=N/C(=N)[C@H]3C[C@H](c4ccc(C(C)N)cn4)C3)[nH]c(N)nc12. The van der Waals surface area contributed by atoms with Crippen LogP contribution in [0.3, 0.4) is 0 Å². The Morgan fingerprint density at radius 2 is 2.10 bits per heavy atom. The van der Waals surface area contributed by atoms with Crippen molar-refractivity contribution < 1.29 is 4.74 Å². The van der Waals surface area contributed by atoms with Gasteiger partial charge in [-0.2, -0.15) is 0 Å². The fourth-order valence-electron chi connectivity index (χ4n) is 3.64. The molecule has 1 aliphatic rings. The number of nitrogen functional groups attached to an aromatic ring is 1. The Labute approximate surface area is 168 Å². The standard InChI is InChI=1S/C21H25N7O/c1-11(22)12-6-7-16(25-10-12)13-8-14(9-13)19(23)27-20-15-4-3-5-17(29-2)18(15)26-21(24)28-20/h3-7,10-11,13-14H,8-9,22H2,1-2H3,(H4,23,24,26,27,28)/t11?,13-,14-. The van der Waals surface area contributed by atoms with Gasteiger partial charge in [0.1, 0.15) is 22.6 Å². The molecule has 150 valence electrons. The number of aromatic nitrogens is 3. The zero-order valence-corrected chi connectivity index (χ0v) is 16.5. The minimum absolute atomic E-state index is 0.0184. The van der Waals surface area contributed by atoms with Crippen molar-refractivity contribution in [2.24, 2.45) is 16.6 Å². The normalized spacial score (nSPS) is 20.3. The maximum Gasteiger partial charge on any atom is 0.199 e. The first-order valence-corrected chi connectivity index (χ1v) is 9.63. The van der Waals surface area contributed by atoms with Gasteiger partial charge in [0.05, 0.1) is 7.11 Å². The predicted octanol–water partition coefficient (Wildman–Crippen LogP) is 2.64. The summed E-state index contributed by atoms with van der Waals surface area (Å²) in [7, 11) is 1.59. The van der Waals surface area contributed by atoms with E-state index in [0.717, 1.165) is 29.5 Å². The van der Waals surface area contributed by atoms with Gasteiger partial charge in [-0.15, -0.1) is 0 Å². The van der Waals surface area contributed by atoms with Crippen LogP contribution in [0.1, 0.15) is 43.0 Å². The van der Waals surface area contributed by atoms with Gasteiger partial charge in [-0.25, -0.2) is 9.98 Å². The lowest BCUT2D eigenvalue weighted by molar-refractivity contribution is 0.335. The van der Waals surface area contributed by atoms with Crippen molar-refractivity contribution in [2.45, 2.75) is 31.7 Å². The van der Waals surface area contributed by atoms with Crippen molar-refractivity contribution in [3.05, 3.63) is 53.3 Å². The smallest absolute Gasteiger partial charge is 0.199 e. The second-order valence-electron chi connectivity index (χ2n) is 7.49. The first-order valence-electron chi connectivity index (χ1n) is 9.63. The Balaban J connectivity index is 1.54. The summed E-state index contributed by atoms with van der Waals surface area (Å²) >= 11 is 0. The van der Waals surface area contributed by atoms with Crippen LogP contribution in [0.25, 0.3) is 10.9 Å². The van der Waals surface area contributed by atoms with E-state index < -0.39 is 0 Å². The largest absolute Gasteiger partial charge is 0.494 e. The van der Waals surface area contributed by atoms with Crippen molar-refractivity contribution in [1.82, 2.24) is 15.0 Å². The number of nitrogens with two attached hydrogens (primary N) is 2. The molecule has 0 spiro atoms. The Bertz CT molecular complexity index is 1110. The molecule has 1 aromatic carbocycles. The Morgan fingerprint density at radius 1 is 1.31 bits per heavy atom. The van der Waals surface area contributed by atoms with E-state index in [1.807, 2.05) is 43.5 Å². The van der Waals surface area contributed by atoms with Crippen molar-refractivity contribution in [3.8, 4) is 5.75 Å². The number of anilines is 1. The molecule has 8 heteroatoms. The summed E-state index contributed by atoms with van der Waals surface area (Å²) in [6.45, 7) is 1.95. The molecule has 8 nitrogen and oxygen atoms in total. The first-order chi connectivity index (χ1) is 14.0. The molecule has 2 heterocycles. The molecule has 1 atom stereocenters. The van der Waals surface area contributed by atoms with E-state index >= 15 is 0 Å². The highest BCUT2D eigenvalue weighted by molar-refractivity contribution is 5.87. The second kappa shape index (κ2) is 7.63. The summed E-state index contributed by atoms with van der Waals surface area (Å²) in [6, 6.07) is 9.63. The average molecular weight is 391 g/mol. The number of fused-ring (bicyclic) bond motifs is 1. The van der Waals surface area contributed by atoms with Gasteiger partial charge in [-0.1, -0.05) is 12.1 Å². The molecule has 2 aromatic heterocycles. The topological polar surface area (TPSA) is 139 Å². The van der Waals surface area contributed by atoms with Gasteiger partial charge in [-0.3, -0.25) is 10.4 Å².